The van der Waals surface area contributed by atoms with Gasteiger partial charge in [-0.3, -0.25) is 4.79 Å². The Bertz CT molecular complexity index is 159. The summed E-state index contributed by atoms with van der Waals surface area (Å²) in [6.07, 6.45) is 5.48. The zero-order chi connectivity index (χ0) is 7.03. The fourth-order valence-electron chi connectivity index (χ4n) is 1.62. The Kier molecular flexibility index (Phi) is 1.22. The summed E-state index contributed by atoms with van der Waals surface area (Å²) < 4.78 is 4.94. The third-order valence-corrected chi connectivity index (χ3v) is 2.71. The van der Waals surface area contributed by atoms with Crippen molar-refractivity contribution in [3.63, 3.8) is 0 Å². The maximum atomic E-state index is 10.8. The van der Waals surface area contributed by atoms with Gasteiger partial charge in [0.1, 0.15) is 0 Å². The molecule has 1 aliphatic carbocycles. The molecule has 56 valence electrons. The highest BCUT2D eigenvalue weighted by Crippen LogP contribution is 2.53. The van der Waals surface area contributed by atoms with Gasteiger partial charge in [-0.1, -0.05) is 0 Å². The van der Waals surface area contributed by atoms with Gasteiger partial charge in [-0.2, -0.15) is 0 Å². The van der Waals surface area contributed by atoms with Crippen molar-refractivity contribution >= 4 is 5.97 Å². The normalized spacial score (nSPS) is 29.4. The van der Waals surface area contributed by atoms with Crippen LogP contribution in [0.1, 0.15) is 32.1 Å². The van der Waals surface area contributed by atoms with E-state index in [2.05, 4.69) is 0 Å². The third kappa shape index (κ3) is 1.02. The van der Waals surface area contributed by atoms with E-state index in [1.165, 1.54) is 12.8 Å². The van der Waals surface area contributed by atoms with Crippen LogP contribution in [-0.4, -0.2) is 12.6 Å². The lowest BCUT2D eigenvalue weighted by Gasteiger charge is -2.06. The van der Waals surface area contributed by atoms with Crippen molar-refractivity contribution in [1.82, 2.24) is 0 Å². The number of hydrogen-bond acceptors (Lipinski definition) is 2. The van der Waals surface area contributed by atoms with Crippen LogP contribution in [0.5, 0.6) is 0 Å². The van der Waals surface area contributed by atoms with Gasteiger partial charge in [0.05, 0.1) is 6.61 Å². The number of esters is 1. The second-order valence-corrected chi connectivity index (χ2v) is 3.47. The summed E-state index contributed by atoms with van der Waals surface area (Å²) in [5.41, 5.74) is 0.548. The van der Waals surface area contributed by atoms with E-state index in [9.17, 15) is 4.79 Å². The van der Waals surface area contributed by atoms with E-state index < -0.39 is 0 Å². The number of cyclic esters (lactones) is 1. The molecule has 0 unspecified atom stereocenters. The fourth-order valence-corrected chi connectivity index (χ4v) is 1.62. The highest BCUT2D eigenvalue weighted by Gasteiger charge is 2.43. The largest absolute Gasteiger partial charge is 0.466 e. The summed E-state index contributed by atoms with van der Waals surface area (Å²) >= 11 is 0. The van der Waals surface area contributed by atoms with Gasteiger partial charge in [0.15, 0.2) is 0 Å². The SMILES string of the molecule is O=C1CCC2(CCO1)CC2. The smallest absolute Gasteiger partial charge is 0.305 e. The maximum absolute atomic E-state index is 10.8. The van der Waals surface area contributed by atoms with Crippen LogP contribution in [0.25, 0.3) is 0 Å². The summed E-state index contributed by atoms with van der Waals surface area (Å²) in [6, 6.07) is 0. The second-order valence-electron chi connectivity index (χ2n) is 3.47. The van der Waals surface area contributed by atoms with Crippen LogP contribution in [-0.2, 0) is 9.53 Å². The Morgan fingerprint density at radius 1 is 1.20 bits per heavy atom. The quantitative estimate of drug-likeness (QED) is 0.476. The van der Waals surface area contributed by atoms with E-state index in [0.717, 1.165) is 12.8 Å². The maximum Gasteiger partial charge on any atom is 0.305 e. The number of ether oxygens (including phenoxy) is 1. The molecule has 10 heavy (non-hydrogen) atoms. The summed E-state index contributed by atoms with van der Waals surface area (Å²) in [5.74, 6) is 0.00350. The Morgan fingerprint density at radius 3 is 2.70 bits per heavy atom. The Morgan fingerprint density at radius 2 is 2.00 bits per heavy atom. The zero-order valence-electron chi connectivity index (χ0n) is 6.06. The van der Waals surface area contributed by atoms with Crippen molar-refractivity contribution < 1.29 is 9.53 Å². The van der Waals surface area contributed by atoms with Crippen molar-refractivity contribution in [2.45, 2.75) is 32.1 Å². The molecule has 2 heteroatoms. The first kappa shape index (κ1) is 6.20. The highest BCUT2D eigenvalue weighted by molar-refractivity contribution is 5.69. The van der Waals surface area contributed by atoms with Crippen LogP contribution in [0.4, 0.5) is 0 Å². The fraction of sp³-hybridized carbons (Fsp3) is 0.875. The molecule has 2 nitrogen and oxygen atoms in total. The van der Waals surface area contributed by atoms with Crippen LogP contribution in [0.2, 0.25) is 0 Å². The number of carbonyl (C=O) groups excluding carboxylic acids is 1. The van der Waals surface area contributed by atoms with Gasteiger partial charge in [0, 0.05) is 6.42 Å². The molecule has 1 saturated heterocycles. The molecule has 0 N–H and O–H groups in total. The van der Waals surface area contributed by atoms with E-state index in [4.69, 9.17) is 4.74 Å². The molecule has 0 atom stereocenters. The number of hydrogen-bond donors (Lipinski definition) is 0. The van der Waals surface area contributed by atoms with Gasteiger partial charge in [0.25, 0.3) is 0 Å². The molecule has 1 spiro atoms. The number of carbonyl (C=O) groups is 1. The van der Waals surface area contributed by atoms with E-state index in [0.29, 0.717) is 18.4 Å². The average molecular weight is 140 g/mol. The van der Waals surface area contributed by atoms with Gasteiger partial charge >= 0.3 is 5.97 Å². The molecule has 0 aromatic carbocycles. The predicted octanol–water partition coefficient (Wildman–Crippen LogP) is 1.49. The first-order chi connectivity index (χ1) is 4.81. The van der Waals surface area contributed by atoms with Gasteiger partial charge in [0.2, 0.25) is 0 Å². The third-order valence-electron chi connectivity index (χ3n) is 2.71. The van der Waals surface area contributed by atoms with E-state index in [1.807, 2.05) is 0 Å². The molecule has 0 amide bonds. The van der Waals surface area contributed by atoms with E-state index >= 15 is 0 Å². The first-order valence-corrected chi connectivity index (χ1v) is 3.96. The molecule has 0 radical (unpaired) electrons. The van der Waals surface area contributed by atoms with Crippen LogP contribution in [0.3, 0.4) is 0 Å². The van der Waals surface area contributed by atoms with Crippen LogP contribution < -0.4 is 0 Å². The second kappa shape index (κ2) is 1.97. The Hall–Kier alpha value is -0.530. The van der Waals surface area contributed by atoms with Gasteiger partial charge in [-0.15, -0.1) is 0 Å². The van der Waals surface area contributed by atoms with Crippen molar-refractivity contribution in [2.24, 2.45) is 5.41 Å². The molecular weight excluding hydrogens is 128 g/mol. The molecule has 2 rings (SSSR count). The van der Waals surface area contributed by atoms with Crippen molar-refractivity contribution in [2.75, 3.05) is 6.61 Å². The Labute approximate surface area is 60.6 Å². The van der Waals surface area contributed by atoms with Gasteiger partial charge in [-0.25, -0.2) is 0 Å². The van der Waals surface area contributed by atoms with Crippen LogP contribution >= 0.6 is 0 Å². The monoisotopic (exact) mass is 140 g/mol. The summed E-state index contributed by atoms with van der Waals surface area (Å²) in [5, 5.41) is 0. The topological polar surface area (TPSA) is 26.3 Å². The molecule has 0 bridgehead atoms. The molecular formula is C8H12O2. The standard InChI is InChI=1S/C8H12O2/c9-7-1-2-8(3-4-8)5-6-10-7/h1-6H2. The molecule has 0 aromatic heterocycles. The highest BCUT2D eigenvalue weighted by atomic mass is 16.5. The zero-order valence-corrected chi connectivity index (χ0v) is 6.06. The minimum absolute atomic E-state index is 0.00350. The van der Waals surface area contributed by atoms with E-state index in [-0.39, 0.29) is 5.97 Å². The minimum atomic E-state index is 0.00350. The lowest BCUT2D eigenvalue weighted by molar-refractivity contribution is -0.142. The van der Waals surface area contributed by atoms with Crippen LogP contribution in [0.15, 0.2) is 0 Å². The van der Waals surface area contributed by atoms with Crippen LogP contribution in [0, 0.1) is 5.41 Å². The summed E-state index contributed by atoms with van der Waals surface area (Å²) in [7, 11) is 0. The number of rotatable bonds is 0. The van der Waals surface area contributed by atoms with E-state index in [1.54, 1.807) is 0 Å². The lowest BCUT2D eigenvalue weighted by atomic mass is 9.98. The molecule has 1 aliphatic heterocycles. The molecule has 2 aliphatic rings. The predicted molar refractivity (Wildman–Crippen MR) is 36.5 cm³/mol. The van der Waals surface area contributed by atoms with Crippen molar-refractivity contribution in [3.05, 3.63) is 0 Å². The average Bonchev–Trinajstić information content (AvgIpc) is 2.67. The first-order valence-electron chi connectivity index (χ1n) is 3.96. The minimum Gasteiger partial charge on any atom is -0.466 e. The lowest BCUT2D eigenvalue weighted by Crippen LogP contribution is -2.00. The molecule has 0 aromatic rings. The summed E-state index contributed by atoms with van der Waals surface area (Å²) in [6.45, 7) is 0.666. The summed E-state index contributed by atoms with van der Waals surface area (Å²) in [4.78, 5) is 10.8. The van der Waals surface area contributed by atoms with Crippen molar-refractivity contribution in [3.8, 4) is 0 Å². The van der Waals surface area contributed by atoms with Gasteiger partial charge < -0.3 is 4.74 Å². The Balaban J connectivity index is 1.98. The van der Waals surface area contributed by atoms with Crippen molar-refractivity contribution in [1.29, 1.82) is 0 Å². The molecule has 2 fully saturated rings. The van der Waals surface area contributed by atoms with Gasteiger partial charge in [-0.05, 0) is 31.1 Å². The molecule has 1 saturated carbocycles. The molecule has 1 heterocycles.